The van der Waals surface area contributed by atoms with Gasteiger partial charge in [-0.15, -0.1) is 0 Å². The number of morpholine rings is 1. The fraction of sp³-hybridized carbons (Fsp3) is 0.619. The first kappa shape index (κ1) is 19.7. The summed E-state index contributed by atoms with van der Waals surface area (Å²) in [6.07, 6.45) is 1.61. The standard InChI is InChI=1S/C21H31N3O3/c1-21(2,3)20(26)24-10-8-17(9-11-24)22-19(25)16-4-6-18(7-5-16)23-12-14-27-15-13-23/h4-7,17H,8-15H2,1-3H3,(H,22,25). The van der Waals surface area contributed by atoms with E-state index >= 15 is 0 Å². The summed E-state index contributed by atoms with van der Waals surface area (Å²) in [5, 5.41) is 3.12. The lowest BCUT2D eigenvalue weighted by Crippen LogP contribution is -2.49. The molecule has 1 N–H and O–H groups in total. The van der Waals surface area contributed by atoms with Crippen molar-refractivity contribution in [1.29, 1.82) is 0 Å². The van der Waals surface area contributed by atoms with E-state index in [9.17, 15) is 9.59 Å². The monoisotopic (exact) mass is 373 g/mol. The highest BCUT2D eigenvalue weighted by molar-refractivity contribution is 5.94. The maximum atomic E-state index is 12.5. The van der Waals surface area contributed by atoms with Gasteiger partial charge < -0.3 is 19.9 Å². The first-order valence-corrected chi connectivity index (χ1v) is 9.87. The molecular weight excluding hydrogens is 342 g/mol. The minimum absolute atomic E-state index is 0.0378. The summed E-state index contributed by atoms with van der Waals surface area (Å²) in [7, 11) is 0. The Labute approximate surface area is 161 Å². The number of amides is 2. The first-order chi connectivity index (χ1) is 12.8. The Kier molecular flexibility index (Phi) is 6.05. The molecule has 0 aliphatic carbocycles. The van der Waals surface area contributed by atoms with Crippen LogP contribution in [0.15, 0.2) is 24.3 Å². The van der Waals surface area contributed by atoms with Gasteiger partial charge >= 0.3 is 0 Å². The van der Waals surface area contributed by atoms with Gasteiger partial charge in [-0.05, 0) is 37.1 Å². The lowest BCUT2D eigenvalue weighted by molar-refractivity contribution is -0.140. The van der Waals surface area contributed by atoms with Gasteiger partial charge in [0.1, 0.15) is 0 Å². The van der Waals surface area contributed by atoms with Crippen LogP contribution in [-0.2, 0) is 9.53 Å². The highest BCUT2D eigenvalue weighted by atomic mass is 16.5. The molecule has 1 aromatic carbocycles. The van der Waals surface area contributed by atoms with Gasteiger partial charge in [-0.25, -0.2) is 0 Å². The number of benzene rings is 1. The van der Waals surface area contributed by atoms with Crippen LogP contribution < -0.4 is 10.2 Å². The van der Waals surface area contributed by atoms with Crippen molar-refractivity contribution in [3.63, 3.8) is 0 Å². The van der Waals surface area contributed by atoms with Gasteiger partial charge in [-0.3, -0.25) is 9.59 Å². The Morgan fingerprint density at radius 1 is 1.00 bits per heavy atom. The van der Waals surface area contributed by atoms with Crippen LogP contribution in [0.5, 0.6) is 0 Å². The number of likely N-dealkylation sites (tertiary alicyclic amines) is 1. The van der Waals surface area contributed by atoms with E-state index in [-0.39, 0.29) is 23.3 Å². The minimum Gasteiger partial charge on any atom is -0.378 e. The Balaban J connectivity index is 1.50. The van der Waals surface area contributed by atoms with E-state index in [0.29, 0.717) is 18.7 Å². The topological polar surface area (TPSA) is 61.9 Å². The average Bonchev–Trinajstić information content (AvgIpc) is 2.68. The number of hydrogen-bond acceptors (Lipinski definition) is 4. The van der Waals surface area contributed by atoms with Crippen molar-refractivity contribution in [3.05, 3.63) is 29.8 Å². The molecule has 6 heteroatoms. The largest absolute Gasteiger partial charge is 0.378 e. The van der Waals surface area contributed by atoms with Crippen molar-refractivity contribution >= 4 is 17.5 Å². The molecule has 0 saturated carbocycles. The number of anilines is 1. The molecular formula is C21H31N3O3. The Hall–Kier alpha value is -2.08. The molecule has 148 valence electrons. The molecule has 0 bridgehead atoms. The molecule has 27 heavy (non-hydrogen) atoms. The van der Waals surface area contributed by atoms with E-state index < -0.39 is 0 Å². The molecule has 6 nitrogen and oxygen atoms in total. The molecule has 2 aliphatic rings. The molecule has 0 spiro atoms. The number of piperidine rings is 1. The zero-order valence-corrected chi connectivity index (χ0v) is 16.7. The predicted octanol–water partition coefficient (Wildman–Crippen LogP) is 2.29. The van der Waals surface area contributed by atoms with Crippen LogP contribution in [-0.4, -0.2) is 62.1 Å². The van der Waals surface area contributed by atoms with Crippen molar-refractivity contribution in [2.24, 2.45) is 5.41 Å². The number of hydrogen-bond donors (Lipinski definition) is 1. The van der Waals surface area contributed by atoms with Crippen molar-refractivity contribution < 1.29 is 14.3 Å². The van der Waals surface area contributed by atoms with Gasteiger partial charge in [0.25, 0.3) is 5.91 Å². The maximum absolute atomic E-state index is 12.5. The molecule has 0 radical (unpaired) electrons. The molecule has 1 aromatic rings. The number of nitrogens with one attached hydrogen (secondary N) is 1. The second kappa shape index (κ2) is 8.30. The summed E-state index contributed by atoms with van der Waals surface area (Å²) < 4.78 is 5.38. The van der Waals surface area contributed by atoms with Crippen LogP contribution in [0.4, 0.5) is 5.69 Å². The number of nitrogens with zero attached hydrogens (tertiary/aromatic N) is 2. The Morgan fingerprint density at radius 2 is 1.59 bits per heavy atom. The van der Waals surface area contributed by atoms with E-state index in [0.717, 1.165) is 44.8 Å². The lowest BCUT2D eigenvalue weighted by atomic mass is 9.93. The third-order valence-corrected chi connectivity index (χ3v) is 5.26. The van der Waals surface area contributed by atoms with Crippen molar-refractivity contribution in [3.8, 4) is 0 Å². The number of rotatable bonds is 3. The van der Waals surface area contributed by atoms with E-state index in [4.69, 9.17) is 4.74 Å². The zero-order valence-electron chi connectivity index (χ0n) is 16.7. The molecule has 0 unspecified atom stereocenters. The van der Waals surface area contributed by atoms with Crippen LogP contribution in [0.25, 0.3) is 0 Å². The predicted molar refractivity (Wildman–Crippen MR) is 106 cm³/mol. The zero-order chi connectivity index (χ0) is 19.4. The average molecular weight is 373 g/mol. The van der Waals surface area contributed by atoms with Crippen LogP contribution in [0.1, 0.15) is 44.0 Å². The second-order valence-electron chi connectivity index (χ2n) is 8.44. The second-order valence-corrected chi connectivity index (χ2v) is 8.44. The molecule has 0 atom stereocenters. The first-order valence-electron chi connectivity index (χ1n) is 9.87. The molecule has 2 amide bonds. The SMILES string of the molecule is CC(C)(C)C(=O)N1CCC(NC(=O)c2ccc(N3CCOCC3)cc2)CC1. The summed E-state index contributed by atoms with van der Waals surface area (Å²) >= 11 is 0. The van der Waals surface area contributed by atoms with Crippen LogP contribution in [0, 0.1) is 5.41 Å². The summed E-state index contributed by atoms with van der Waals surface area (Å²) in [5.74, 6) is 0.148. The molecule has 3 rings (SSSR count). The van der Waals surface area contributed by atoms with Crippen LogP contribution in [0.3, 0.4) is 0 Å². The van der Waals surface area contributed by atoms with Gasteiger partial charge in [-0.2, -0.15) is 0 Å². The van der Waals surface area contributed by atoms with Crippen LogP contribution in [0.2, 0.25) is 0 Å². The number of ether oxygens (including phenoxy) is 1. The molecule has 2 heterocycles. The van der Waals surface area contributed by atoms with Crippen LogP contribution >= 0.6 is 0 Å². The summed E-state index contributed by atoms with van der Waals surface area (Å²) in [4.78, 5) is 29.1. The molecule has 0 aromatic heterocycles. The smallest absolute Gasteiger partial charge is 0.251 e. The molecule has 2 aliphatic heterocycles. The Bertz CT molecular complexity index is 652. The summed E-state index contributed by atoms with van der Waals surface area (Å²) in [5.41, 5.74) is 1.46. The third-order valence-electron chi connectivity index (χ3n) is 5.26. The summed E-state index contributed by atoms with van der Waals surface area (Å²) in [6.45, 7) is 10.5. The van der Waals surface area contributed by atoms with Crippen molar-refractivity contribution in [1.82, 2.24) is 10.2 Å². The van der Waals surface area contributed by atoms with Gasteiger partial charge in [0.05, 0.1) is 13.2 Å². The minimum atomic E-state index is -0.349. The van der Waals surface area contributed by atoms with Gasteiger partial charge in [-0.1, -0.05) is 20.8 Å². The van der Waals surface area contributed by atoms with Gasteiger partial charge in [0.2, 0.25) is 5.91 Å². The van der Waals surface area contributed by atoms with Gasteiger partial charge in [0.15, 0.2) is 0 Å². The van der Waals surface area contributed by atoms with E-state index in [1.165, 1.54) is 0 Å². The van der Waals surface area contributed by atoms with Crippen molar-refractivity contribution in [2.45, 2.75) is 39.7 Å². The highest BCUT2D eigenvalue weighted by Crippen LogP contribution is 2.21. The normalized spacial score (nSPS) is 19.1. The highest BCUT2D eigenvalue weighted by Gasteiger charge is 2.30. The van der Waals surface area contributed by atoms with E-state index in [2.05, 4.69) is 10.2 Å². The quantitative estimate of drug-likeness (QED) is 0.883. The number of carbonyl (C=O) groups is 2. The van der Waals surface area contributed by atoms with Gasteiger partial charge in [0, 0.05) is 48.9 Å². The lowest BCUT2D eigenvalue weighted by Gasteiger charge is -2.36. The maximum Gasteiger partial charge on any atom is 0.251 e. The fourth-order valence-corrected chi connectivity index (χ4v) is 3.62. The van der Waals surface area contributed by atoms with Crippen molar-refractivity contribution in [2.75, 3.05) is 44.3 Å². The summed E-state index contributed by atoms with van der Waals surface area (Å²) in [6, 6.07) is 7.91. The van der Waals surface area contributed by atoms with E-state index in [1.54, 1.807) is 0 Å². The molecule has 2 fully saturated rings. The van der Waals surface area contributed by atoms with E-state index in [1.807, 2.05) is 49.9 Å². The molecule has 2 saturated heterocycles. The Morgan fingerprint density at radius 3 is 2.15 bits per heavy atom. The number of carbonyl (C=O) groups excluding carboxylic acids is 2. The fourth-order valence-electron chi connectivity index (χ4n) is 3.62. The third kappa shape index (κ3) is 5.01.